The maximum Gasteiger partial charge on any atom is 0.264 e. The van der Waals surface area contributed by atoms with Crippen molar-refractivity contribution in [2.75, 3.05) is 31.5 Å². The molecule has 0 spiro atoms. The van der Waals surface area contributed by atoms with Gasteiger partial charge in [0, 0.05) is 19.5 Å². The van der Waals surface area contributed by atoms with Crippen LogP contribution in [0, 0.1) is 0 Å². The summed E-state index contributed by atoms with van der Waals surface area (Å²) >= 11 is 4.21. The van der Waals surface area contributed by atoms with Crippen molar-refractivity contribution >= 4 is 24.2 Å². The molecule has 0 N–H and O–H groups in total. The highest BCUT2D eigenvalue weighted by molar-refractivity contribution is 7.80. The SMILES string of the molecule is CN(CS)Cc1ccc2c(c1)N(C)C(=O)CO2. The fourth-order valence-corrected chi connectivity index (χ4v) is 1.88. The number of amides is 1. The molecule has 1 aliphatic rings. The molecule has 17 heavy (non-hydrogen) atoms. The first-order chi connectivity index (χ1) is 8.11. The Kier molecular flexibility index (Phi) is 3.59. The van der Waals surface area contributed by atoms with E-state index in [1.807, 2.05) is 25.2 Å². The van der Waals surface area contributed by atoms with Gasteiger partial charge in [-0.25, -0.2) is 0 Å². The number of nitrogens with zero attached hydrogens (tertiary/aromatic N) is 2. The minimum atomic E-state index is -0.0165. The van der Waals surface area contributed by atoms with Crippen molar-refractivity contribution in [1.29, 1.82) is 0 Å². The van der Waals surface area contributed by atoms with Gasteiger partial charge in [0.1, 0.15) is 5.75 Å². The van der Waals surface area contributed by atoms with Gasteiger partial charge in [-0.1, -0.05) is 6.07 Å². The molecule has 1 aliphatic heterocycles. The first-order valence-electron chi connectivity index (χ1n) is 5.43. The molecule has 2 rings (SSSR count). The minimum absolute atomic E-state index is 0.0165. The maximum absolute atomic E-state index is 11.5. The number of carbonyl (C=O) groups excluding carboxylic acids is 1. The zero-order chi connectivity index (χ0) is 12.4. The van der Waals surface area contributed by atoms with E-state index in [0.29, 0.717) is 5.88 Å². The Balaban J connectivity index is 2.26. The molecule has 1 heterocycles. The second kappa shape index (κ2) is 4.98. The largest absolute Gasteiger partial charge is 0.482 e. The van der Waals surface area contributed by atoms with Crippen molar-refractivity contribution in [2.24, 2.45) is 0 Å². The topological polar surface area (TPSA) is 32.8 Å². The van der Waals surface area contributed by atoms with E-state index in [1.165, 1.54) is 0 Å². The van der Waals surface area contributed by atoms with Gasteiger partial charge in [0.15, 0.2) is 6.61 Å². The van der Waals surface area contributed by atoms with Gasteiger partial charge in [-0.2, -0.15) is 12.6 Å². The monoisotopic (exact) mass is 252 g/mol. The predicted molar refractivity (Wildman–Crippen MR) is 70.7 cm³/mol. The maximum atomic E-state index is 11.5. The van der Waals surface area contributed by atoms with E-state index in [4.69, 9.17) is 4.74 Å². The number of thiol groups is 1. The predicted octanol–water partition coefficient (Wildman–Crippen LogP) is 1.36. The molecule has 0 bridgehead atoms. The summed E-state index contributed by atoms with van der Waals surface area (Å²) in [4.78, 5) is 15.2. The summed E-state index contributed by atoms with van der Waals surface area (Å²) in [5.41, 5.74) is 1.98. The average Bonchev–Trinajstić information content (AvgIpc) is 2.34. The van der Waals surface area contributed by atoms with Crippen LogP contribution in [0.4, 0.5) is 5.69 Å². The van der Waals surface area contributed by atoms with Crippen LogP contribution in [0.1, 0.15) is 5.56 Å². The lowest BCUT2D eigenvalue weighted by Gasteiger charge is -2.26. The summed E-state index contributed by atoms with van der Waals surface area (Å²) in [5, 5.41) is 0. The number of rotatable bonds is 3. The standard InChI is InChI=1S/C12H16N2O2S/c1-13(8-17)6-9-3-4-11-10(5-9)14(2)12(15)7-16-11/h3-5,17H,6-8H2,1-2H3. The molecule has 92 valence electrons. The van der Waals surface area contributed by atoms with Crippen molar-refractivity contribution in [1.82, 2.24) is 4.90 Å². The summed E-state index contributed by atoms with van der Waals surface area (Å²) in [7, 11) is 3.77. The van der Waals surface area contributed by atoms with Gasteiger partial charge in [0.2, 0.25) is 0 Å². The van der Waals surface area contributed by atoms with Crippen LogP contribution in [-0.2, 0) is 11.3 Å². The Morgan fingerprint density at radius 1 is 1.53 bits per heavy atom. The van der Waals surface area contributed by atoms with Crippen molar-refractivity contribution in [3.8, 4) is 5.75 Å². The van der Waals surface area contributed by atoms with E-state index in [2.05, 4.69) is 17.5 Å². The first-order valence-corrected chi connectivity index (χ1v) is 6.06. The van der Waals surface area contributed by atoms with E-state index < -0.39 is 0 Å². The number of hydrogen-bond donors (Lipinski definition) is 1. The molecule has 0 aromatic heterocycles. The second-order valence-corrected chi connectivity index (χ2v) is 4.48. The second-order valence-electron chi connectivity index (χ2n) is 4.20. The normalized spacial score (nSPS) is 14.8. The number of ether oxygens (including phenoxy) is 1. The van der Waals surface area contributed by atoms with Crippen LogP contribution in [0.15, 0.2) is 18.2 Å². The van der Waals surface area contributed by atoms with Gasteiger partial charge in [0.25, 0.3) is 5.91 Å². The highest BCUT2D eigenvalue weighted by atomic mass is 32.1. The number of anilines is 1. The van der Waals surface area contributed by atoms with E-state index in [9.17, 15) is 4.79 Å². The van der Waals surface area contributed by atoms with E-state index in [0.717, 1.165) is 23.5 Å². The number of benzene rings is 1. The van der Waals surface area contributed by atoms with Crippen LogP contribution in [-0.4, -0.2) is 37.4 Å². The molecule has 0 saturated carbocycles. The molecule has 1 aromatic carbocycles. The fraction of sp³-hybridized carbons (Fsp3) is 0.417. The third kappa shape index (κ3) is 2.56. The van der Waals surface area contributed by atoms with Crippen molar-refractivity contribution in [3.63, 3.8) is 0 Å². The highest BCUT2D eigenvalue weighted by Crippen LogP contribution is 2.32. The Labute approximate surface area is 107 Å². The third-order valence-corrected chi connectivity index (χ3v) is 3.29. The quantitative estimate of drug-likeness (QED) is 0.651. The molecule has 1 amide bonds. The molecule has 0 fully saturated rings. The van der Waals surface area contributed by atoms with Crippen LogP contribution in [0.5, 0.6) is 5.75 Å². The highest BCUT2D eigenvalue weighted by Gasteiger charge is 2.22. The Bertz CT molecular complexity index is 437. The lowest BCUT2D eigenvalue weighted by atomic mass is 10.1. The first kappa shape index (κ1) is 12.3. The molecular weight excluding hydrogens is 236 g/mol. The van der Waals surface area contributed by atoms with Crippen molar-refractivity contribution in [2.45, 2.75) is 6.54 Å². The minimum Gasteiger partial charge on any atom is -0.482 e. The van der Waals surface area contributed by atoms with Crippen LogP contribution in [0.3, 0.4) is 0 Å². The number of fused-ring (bicyclic) bond motifs is 1. The Morgan fingerprint density at radius 3 is 3.00 bits per heavy atom. The van der Waals surface area contributed by atoms with Gasteiger partial charge >= 0.3 is 0 Å². The van der Waals surface area contributed by atoms with Gasteiger partial charge in [0.05, 0.1) is 5.69 Å². The fourth-order valence-electron chi connectivity index (χ4n) is 1.78. The lowest BCUT2D eigenvalue weighted by molar-refractivity contribution is -0.120. The van der Waals surface area contributed by atoms with Gasteiger partial charge in [-0.05, 0) is 24.7 Å². The molecule has 4 nitrogen and oxygen atoms in total. The Morgan fingerprint density at radius 2 is 2.29 bits per heavy atom. The molecule has 0 saturated heterocycles. The third-order valence-electron chi connectivity index (χ3n) is 2.80. The van der Waals surface area contributed by atoms with E-state index >= 15 is 0 Å². The molecule has 1 aromatic rings. The summed E-state index contributed by atoms with van der Waals surface area (Å²) in [6.45, 7) is 0.929. The number of likely N-dealkylation sites (N-methyl/N-ethyl adjacent to an activating group) is 1. The summed E-state index contributed by atoms with van der Waals surface area (Å²) in [5.74, 6) is 1.45. The summed E-state index contributed by atoms with van der Waals surface area (Å²) < 4.78 is 5.37. The van der Waals surface area contributed by atoms with Gasteiger partial charge in [-0.3, -0.25) is 9.69 Å². The molecular formula is C12H16N2O2S. The molecule has 0 radical (unpaired) electrons. The van der Waals surface area contributed by atoms with Crippen molar-refractivity contribution in [3.05, 3.63) is 23.8 Å². The van der Waals surface area contributed by atoms with Crippen LogP contribution in [0.25, 0.3) is 0 Å². The van der Waals surface area contributed by atoms with Crippen LogP contribution in [0.2, 0.25) is 0 Å². The zero-order valence-electron chi connectivity index (χ0n) is 10.0. The molecule has 0 atom stereocenters. The Hall–Kier alpha value is -1.20. The van der Waals surface area contributed by atoms with Gasteiger partial charge in [-0.15, -0.1) is 0 Å². The lowest BCUT2D eigenvalue weighted by Crippen LogP contribution is -2.35. The van der Waals surface area contributed by atoms with E-state index in [-0.39, 0.29) is 12.5 Å². The number of hydrogen-bond acceptors (Lipinski definition) is 4. The zero-order valence-corrected chi connectivity index (χ0v) is 10.9. The molecule has 5 heteroatoms. The van der Waals surface area contributed by atoms with Crippen molar-refractivity contribution < 1.29 is 9.53 Å². The molecule has 0 aliphatic carbocycles. The summed E-state index contributed by atoms with van der Waals surface area (Å²) in [6, 6.07) is 5.93. The summed E-state index contributed by atoms with van der Waals surface area (Å²) in [6.07, 6.45) is 0. The average molecular weight is 252 g/mol. The van der Waals surface area contributed by atoms with Gasteiger partial charge < -0.3 is 9.64 Å². The number of carbonyl (C=O) groups is 1. The smallest absolute Gasteiger partial charge is 0.264 e. The van der Waals surface area contributed by atoms with Crippen LogP contribution < -0.4 is 9.64 Å². The molecule has 0 unspecified atom stereocenters. The van der Waals surface area contributed by atoms with Crippen LogP contribution >= 0.6 is 12.6 Å². The van der Waals surface area contributed by atoms with E-state index in [1.54, 1.807) is 11.9 Å².